The molecule has 1 fully saturated rings. The number of furan rings is 1. The van der Waals surface area contributed by atoms with Crippen LogP contribution in [0.25, 0.3) is 0 Å². The topological polar surface area (TPSA) is 98.5 Å². The van der Waals surface area contributed by atoms with Crippen molar-refractivity contribution in [3.8, 4) is 17.2 Å². The molecule has 2 aromatic carbocycles. The number of hydrogen-bond donors (Lipinski definition) is 0. The highest BCUT2D eigenvalue weighted by molar-refractivity contribution is 6.23. The van der Waals surface area contributed by atoms with Gasteiger partial charge in [0.2, 0.25) is 5.91 Å². The molecule has 3 amide bonds. The van der Waals surface area contributed by atoms with Gasteiger partial charge in [0.05, 0.1) is 46.2 Å². The van der Waals surface area contributed by atoms with Gasteiger partial charge >= 0.3 is 0 Å². The fraction of sp³-hybridized carbons (Fsp3) is 0.240. The summed E-state index contributed by atoms with van der Waals surface area (Å²) in [5, 5.41) is 0. The number of imide groups is 1. The molecule has 1 aliphatic rings. The fourth-order valence-corrected chi connectivity index (χ4v) is 3.89. The zero-order chi connectivity index (χ0) is 24.2. The third-order valence-corrected chi connectivity index (χ3v) is 5.63. The maximum atomic E-state index is 13.6. The second kappa shape index (κ2) is 9.70. The highest BCUT2D eigenvalue weighted by Crippen LogP contribution is 2.31. The van der Waals surface area contributed by atoms with E-state index >= 15 is 0 Å². The number of carbonyl (C=O) groups is 3. The van der Waals surface area contributed by atoms with Gasteiger partial charge in [0.15, 0.2) is 11.5 Å². The minimum Gasteiger partial charge on any atom is -0.497 e. The van der Waals surface area contributed by atoms with E-state index in [0.29, 0.717) is 28.7 Å². The predicted molar refractivity (Wildman–Crippen MR) is 122 cm³/mol. The monoisotopic (exact) mass is 464 g/mol. The number of nitrogens with zero attached hydrogens (tertiary/aromatic N) is 2. The molecule has 4 rings (SSSR count). The van der Waals surface area contributed by atoms with Gasteiger partial charge in [-0.05, 0) is 54.6 Å². The van der Waals surface area contributed by atoms with E-state index in [9.17, 15) is 14.4 Å². The first-order valence-corrected chi connectivity index (χ1v) is 10.5. The van der Waals surface area contributed by atoms with Gasteiger partial charge in [0, 0.05) is 5.56 Å². The average Bonchev–Trinajstić information content (AvgIpc) is 3.48. The maximum absolute atomic E-state index is 13.6. The van der Waals surface area contributed by atoms with Crippen molar-refractivity contribution in [1.82, 2.24) is 4.90 Å². The Kier molecular flexibility index (Phi) is 6.53. The molecule has 176 valence electrons. The standard InChI is InChI=1S/C25H24N2O7/c1-31-18-9-7-17(8-10-18)27-23(28)14-20(25(27)30)26(15-19-5-4-12-34-19)24(29)16-6-11-21(32-2)22(13-16)33-3/h4-13,20H,14-15H2,1-3H3. The van der Waals surface area contributed by atoms with Gasteiger partial charge in [-0.3, -0.25) is 14.4 Å². The van der Waals surface area contributed by atoms with E-state index in [-0.39, 0.29) is 18.5 Å². The highest BCUT2D eigenvalue weighted by atomic mass is 16.5. The van der Waals surface area contributed by atoms with E-state index < -0.39 is 23.8 Å². The molecule has 1 aliphatic heterocycles. The molecule has 9 nitrogen and oxygen atoms in total. The molecule has 0 saturated carbocycles. The lowest BCUT2D eigenvalue weighted by Gasteiger charge is -2.27. The van der Waals surface area contributed by atoms with Gasteiger partial charge in [-0.2, -0.15) is 0 Å². The van der Waals surface area contributed by atoms with Crippen LogP contribution >= 0.6 is 0 Å². The van der Waals surface area contributed by atoms with Crippen LogP contribution in [-0.2, 0) is 16.1 Å². The molecule has 2 heterocycles. The molecule has 0 spiro atoms. The third-order valence-electron chi connectivity index (χ3n) is 5.63. The zero-order valence-electron chi connectivity index (χ0n) is 19.0. The van der Waals surface area contributed by atoms with Gasteiger partial charge < -0.3 is 23.5 Å². The van der Waals surface area contributed by atoms with E-state index in [4.69, 9.17) is 18.6 Å². The third kappa shape index (κ3) is 4.32. The van der Waals surface area contributed by atoms with Gasteiger partial charge in [0.1, 0.15) is 17.6 Å². The minimum absolute atomic E-state index is 0.0142. The van der Waals surface area contributed by atoms with Crippen LogP contribution < -0.4 is 19.1 Å². The van der Waals surface area contributed by atoms with Crippen molar-refractivity contribution in [1.29, 1.82) is 0 Å². The van der Waals surface area contributed by atoms with E-state index in [1.807, 2.05) is 0 Å². The predicted octanol–water partition coefficient (Wildman–Crippen LogP) is 3.28. The summed E-state index contributed by atoms with van der Waals surface area (Å²) in [4.78, 5) is 42.3. The normalized spacial score (nSPS) is 15.4. The molecule has 0 aliphatic carbocycles. The second-order valence-electron chi connectivity index (χ2n) is 7.57. The number of carbonyl (C=O) groups excluding carboxylic acids is 3. The molecule has 9 heteroatoms. The Labute approximate surface area is 196 Å². The Morgan fingerprint density at radius 3 is 2.35 bits per heavy atom. The van der Waals surface area contributed by atoms with Crippen LogP contribution in [-0.4, -0.2) is 50.0 Å². The van der Waals surface area contributed by atoms with Gasteiger partial charge in [-0.25, -0.2) is 4.90 Å². The van der Waals surface area contributed by atoms with Crippen molar-refractivity contribution >= 4 is 23.4 Å². The summed E-state index contributed by atoms with van der Waals surface area (Å²) in [5.74, 6) is 0.592. The summed E-state index contributed by atoms with van der Waals surface area (Å²) in [5.41, 5.74) is 0.696. The van der Waals surface area contributed by atoms with Crippen LogP contribution in [0.5, 0.6) is 17.2 Å². The van der Waals surface area contributed by atoms with Crippen molar-refractivity contribution in [2.45, 2.75) is 19.0 Å². The van der Waals surface area contributed by atoms with Gasteiger partial charge in [0.25, 0.3) is 11.8 Å². The minimum atomic E-state index is -1.000. The smallest absolute Gasteiger partial charge is 0.257 e. The first kappa shape index (κ1) is 22.9. The Morgan fingerprint density at radius 2 is 1.74 bits per heavy atom. The Hall–Kier alpha value is -4.27. The van der Waals surface area contributed by atoms with Crippen molar-refractivity contribution in [2.24, 2.45) is 0 Å². The van der Waals surface area contributed by atoms with Crippen LogP contribution in [0, 0.1) is 0 Å². The van der Waals surface area contributed by atoms with Crippen molar-refractivity contribution in [3.63, 3.8) is 0 Å². The molecular weight excluding hydrogens is 440 g/mol. The van der Waals surface area contributed by atoms with Gasteiger partial charge in [-0.1, -0.05) is 0 Å². The van der Waals surface area contributed by atoms with Gasteiger partial charge in [-0.15, -0.1) is 0 Å². The SMILES string of the molecule is COc1ccc(N2C(=O)CC(N(Cc3ccco3)C(=O)c3ccc(OC)c(OC)c3)C2=O)cc1. The van der Waals surface area contributed by atoms with E-state index in [0.717, 1.165) is 4.90 Å². The molecule has 0 bridgehead atoms. The number of rotatable bonds is 8. The summed E-state index contributed by atoms with van der Waals surface area (Å²) >= 11 is 0. The number of anilines is 1. The average molecular weight is 464 g/mol. The highest BCUT2D eigenvalue weighted by Gasteiger charge is 2.45. The van der Waals surface area contributed by atoms with Crippen molar-refractivity contribution in [3.05, 3.63) is 72.2 Å². The Bertz CT molecular complexity index is 1190. The lowest BCUT2D eigenvalue weighted by Crippen LogP contribution is -2.45. The molecule has 1 unspecified atom stereocenters. The molecule has 1 aromatic heterocycles. The molecule has 1 saturated heterocycles. The number of amides is 3. The zero-order valence-corrected chi connectivity index (χ0v) is 19.0. The van der Waals surface area contributed by atoms with Crippen molar-refractivity contribution < 1.29 is 33.0 Å². The first-order chi connectivity index (χ1) is 16.5. The first-order valence-electron chi connectivity index (χ1n) is 10.5. The van der Waals surface area contributed by atoms with E-state index in [1.165, 1.54) is 32.5 Å². The maximum Gasteiger partial charge on any atom is 0.257 e. The summed E-state index contributed by atoms with van der Waals surface area (Å²) in [6, 6.07) is 13.7. The number of hydrogen-bond acceptors (Lipinski definition) is 7. The Morgan fingerprint density at radius 1 is 1.00 bits per heavy atom. The van der Waals surface area contributed by atoms with E-state index in [2.05, 4.69) is 0 Å². The second-order valence-corrected chi connectivity index (χ2v) is 7.57. The lowest BCUT2D eigenvalue weighted by molar-refractivity contribution is -0.122. The molecule has 0 N–H and O–H groups in total. The number of methoxy groups -OCH3 is 3. The molecule has 34 heavy (non-hydrogen) atoms. The largest absolute Gasteiger partial charge is 0.497 e. The molecule has 3 aromatic rings. The quantitative estimate of drug-likeness (QED) is 0.472. The lowest BCUT2D eigenvalue weighted by atomic mass is 10.1. The van der Waals surface area contributed by atoms with Crippen LogP contribution in [0.15, 0.2) is 65.3 Å². The summed E-state index contributed by atoms with van der Waals surface area (Å²) < 4.78 is 21.1. The summed E-state index contributed by atoms with van der Waals surface area (Å²) in [7, 11) is 4.50. The van der Waals surface area contributed by atoms with Crippen LogP contribution in [0.1, 0.15) is 22.5 Å². The summed E-state index contributed by atoms with van der Waals surface area (Å²) in [6.45, 7) is 0.0142. The molecule has 1 atom stereocenters. The Balaban J connectivity index is 1.67. The van der Waals surface area contributed by atoms with Crippen LogP contribution in [0.2, 0.25) is 0 Å². The summed E-state index contributed by atoms with van der Waals surface area (Å²) in [6.07, 6.45) is 1.34. The number of ether oxygens (including phenoxy) is 3. The molecule has 0 radical (unpaired) electrons. The number of benzene rings is 2. The van der Waals surface area contributed by atoms with Crippen LogP contribution in [0.4, 0.5) is 5.69 Å². The fourth-order valence-electron chi connectivity index (χ4n) is 3.89. The van der Waals surface area contributed by atoms with Crippen molar-refractivity contribution in [2.75, 3.05) is 26.2 Å². The van der Waals surface area contributed by atoms with E-state index in [1.54, 1.807) is 54.6 Å². The van der Waals surface area contributed by atoms with Crippen LogP contribution in [0.3, 0.4) is 0 Å². The molecular formula is C25H24N2O7.